The quantitative estimate of drug-likeness (QED) is 0.552. The molecular formula is C27H36FN3O3. The summed E-state index contributed by atoms with van der Waals surface area (Å²) >= 11 is 0. The molecule has 0 unspecified atom stereocenters. The summed E-state index contributed by atoms with van der Waals surface area (Å²) in [6.07, 6.45) is 8.20. The zero-order valence-electron chi connectivity index (χ0n) is 20.2. The first-order chi connectivity index (χ1) is 16.6. The molecule has 1 aliphatic carbocycles. The number of carbonyl (C=O) groups excluding carboxylic acids is 1. The molecule has 2 heterocycles. The van der Waals surface area contributed by atoms with Crippen LogP contribution in [0.25, 0.3) is 11.1 Å². The van der Waals surface area contributed by atoms with Crippen LogP contribution in [0.4, 0.5) is 4.39 Å². The van der Waals surface area contributed by atoms with E-state index in [1.165, 1.54) is 38.2 Å². The summed E-state index contributed by atoms with van der Waals surface area (Å²) in [4.78, 5) is 21.2. The molecule has 184 valence electrons. The summed E-state index contributed by atoms with van der Waals surface area (Å²) in [5.41, 5.74) is 1.86. The molecule has 7 heteroatoms. The Morgan fingerprint density at radius 3 is 2.68 bits per heavy atom. The van der Waals surface area contributed by atoms with Crippen molar-refractivity contribution < 1.29 is 18.7 Å². The second-order valence-electron chi connectivity index (χ2n) is 9.44. The van der Waals surface area contributed by atoms with E-state index in [2.05, 4.69) is 9.88 Å². The lowest BCUT2D eigenvalue weighted by Crippen LogP contribution is -2.38. The minimum atomic E-state index is -0.346. The van der Waals surface area contributed by atoms with Crippen LogP contribution in [0.15, 0.2) is 36.5 Å². The Hall–Kier alpha value is -2.51. The molecule has 2 aromatic rings. The summed E-state index contributed by atoms with van der Waals surface area (Å²) in [7, 11) is 1.88. The Morgan fingerprint density at radius 2 is 1.97 bits per heavy atom. The van der Waals surface area contributed by atoms with Gasteiger partial charge in [-0.3, -0.25) is 14.7 Å². The summed E-state index contributed by atoms with van der Waals surface area (Å²) in [5.74, 6) is 0.871. The molecule has 1 saturated heterocycles. The number of pyridine rings is 1. The van der Waals surface area contributed by atoms with Crippen molar-refractivity contribution in [1.82, 2.24) is 14.8 Å². The van der Waals surface area contributed by atoms with E-state index in [9.17, 15) is 9.18 Å². The fraction of sp³-hybridized carbons (Fsp3) is 0.556. The average molecular weight is 470 g/mol. The lowest BCUT2D eigenvalue weighted by atomic mass is 9.89. The molecule has 0 atom stereocenters. The summed E-state index contributed by atoms with van der Waals surface area (Å²) in [6, 6.07) is 8.57. The van der Waals surface area contributed by atoms with E-state index >= 15 is 0 Å². The zero-order chi connectivity index (χ0) is 23.8. The number of halogens is 1. The van der Waals surface area contributed by atoms with Crippen LogP contribution in [-0.4, -0.2) is 73.7 Å². The van der Waals surface area contributed by atoms with E-state index in [0.29, 0.717) is 35.1 Å². The third kappa shape index (κ3) is 7.00. The Morgan fingerprint density at radius 1 is 1.18 bits per heavy atom. The molecule has 1 aliphatic heterocycles. The van der Waals surface area contributed by atoms with Crippen molar-refractivity contribution in [3.05, 3.63) is 48.0 Å². The average Bonchev–Trinajstić information content (AvgIpc) is 2.86. The highest BCUT2D eigenvalue weighted by atomic mass is 19.1. The highest BCUT2D eigenvalue weighted by Gasteiger charge is 2.19. The SMILES string of the molecule is CN(CC1CCCCC1)C(=O)Cc1ccc(-c2ccc(OCCN3CCOCC3)cc2F)cn1. The summed E-state index contributed by atoms with van der Waals surface area (Å²) < 4.78 is 25.8. The molecule has 4 rings (SSSR count). The van der Waals surface area contributed by atoms with Crippen molar-refractivity contribution in [2.24, 2.45) is 5.92 Å². The van der Waals surface area contributed by atoms with E-state index in [1.54, 1.807) is 18.3 Å². The number of nitrogens with zero attached hydrogens (tertiary/aromatic N) is 3. The molecule has 2 fully saturated rings. The van der Waals surface area contributed by atoms with Gasteiger partial charge in [-0.1, -0.05) is 25.3 Å². The van der Waals surface area contributed by atoms with Gasteiger partial charge in [-0.25, -0.2) is 4.39 Å². The van der Waals surface area contributed by atoms with Crippen LogP contribution in [0.5, 0.6) is 5.75 Å². The predicted molar refractivity (Wildman–Crippen MR) is 130 cm³/mol. The van der Waals surface area contributed by atoms with Crippen molar-refractivity contribution in [2.45, 2.75) is 38.5 Å². The van der Waals surface area contributed by atoms with E-state index < -0.39 is 0 Å². The van der Waals surface area contributed by atoms with Crippen molar-refractivity contribution in [1.29, 1.82) is 0 Å². The van der Waals surface area contributed by atoms with Gasteiger partial charge in [0.2, 0.25) is 5.91 Å². The van der Waals surface area contributed by atoms with Crippen molar-refractivity contribution >= 4 is 5.91 Å². The third-order valence-corrected chi connectivity index (χ3v) is 6.87. The smallest absolute Gasteiger partial charge is 0.228 e. The molecule has 34 heavy (non-hydrogen) atoms. The van der Waals surface area contributed by atoms with Crippen molar-refractivity contribution in [3.63, 3.8) is 0 Å². The number of hydrogen-bond donors (Lipinski definition) is 0. The standard InChI is InChI=1S/C27H36FN3O3/c1-30(20-21-5-3-2-4-6-21)27(32)17-23-8-7-22(19-29-23)25-10-9-24(18-26(25)28)34-16-13-31-11-14-33-15-12-31/h7-10,18-19,21H,2-6,11-17,20H2,1H3. The molecular weight excluding hydrogens is 433 g/mol. The lowest BCUT2D eigenvalue weighted by molar-refractivity contribution is -0.129. The van der Waals surface area contributed by atoms with Gasteiger partial charge in [-0.05, 0) is 37.0 Å². The number of amides is 1. The third-order valence-electron chi connectivity index (χ3n) is 6.87. The maximum absolute atomic E-state index is 14.8. The van der Waals surface area contributed by atoms with Gasteiger partial charge < -0.3 is 14.4 Å². The summed E-state index contributed by atoms with van der Waals surface area (Å²) in [5, 5.41) is 0. The number of ether oxygens (including phenoxy) is 2. The molecule has 1 aromatic carbocycles. The van der Waals surface area contributed by atoms with Gasteiger partial charge in [0, 0.05) is 62.3 Å². The van der Waals surface area contributed by atoms with Crippen LogP contribution in [0.3, 0.4) is 0 Å². The van der Waals surface area contributed by atoms with Crippen molar-refractivity contribution in [3.8, 4) is 16.9 Å². The highest BCUT2D eigenvalue weighted by molar-refractivity contribution is 5.78. The Bertz CT molecular complexity index is 925. The van der Waals surface area contributed by atoms with Crippen LogP contribution < -0.4 is 4.74 Å². The number of aromatic nitrogens is 1. The topological polar surface area (TPSA) is 54.9 Å². The number of morpholine rings is 1. The second-order valence-corrected chi connectivity index (χ2v) is 9.44. The Labute approximate surface area is 202 Å². The molecule has 2 aliphatic rings. The van der Waals surface area contributed by atoms with Gasteiger partial charge in [0.1, 0.15) is 18.2 Å². The van der Waals surface area contributed by atoms with Crippen LogP contribution in [0, 0.1) is 11.7 Å². The highest BCUT2D eigenvalue weighted by Crippen LogP contribution is 2.27. The molecule has 1 saturated carbocycles. The van der Waals surface area contributed by atoms with Gasteiger partial charge in [-0.2, -0.15) is 0 Å². The maximum atomic E-state index is 14.8. The van der Waals surface area contributed by atoms with Crippen molar-refractivity contribution in [2.75, 3.05) is 53.0 Å². The first-order valence-electron chi connectivity index (χ1n) is 12.5. The molecule has 1 amide bonds. The van der Waals surface area contributed by atoms with E-state index in [4.69, 9.17) is 9.47 Å². The van der Waals surface area contributed by atoms with Gasteiger partial charge >= 0.3 is 0 Å². The van der Waals surface area contributed by atoms with Crippen LogP contribution in [0.1, 0.15) is 37.8 Å². The second kappa shape index (κ2) is 12.3. The number of benzene rings is 1. The minimum absolute atomic E-state index is 0.0792. The first kappa shape index (κ1) is 24.6. The monoisotopic (exact) mass is 469 g/mol. The molecule has 0 bridgehead atoms. The minimum Gasteiger partial charge on any atom is -0.492 e. The largest absolute Gasteiger partial charge is 0.492 e. The van der Waals surface area contributed by atoms with Gasteiger partial charge in [0.15, 0.2) is 0 Å². The molecule has 0 N–H and O–H groups in total. The number of hydrogen-bond acceptors (Lipinski definition) is 5. The Balaban J connectivity index is 1.28. The zero-order valence-corrected chi connectivity index (χ0v) is 20.2. The lowest BCUT2D eigenvalue weighted by Gasteiger charge is -2.27. The number of carbonyl (C=O) groups is 1. The molecule has 1 aromatic heterocycles. The molecule has 0 radical (unpaired) electrons. The fourth-order valence-electron chi connectivity index (χ4n) is 4.77. The van der Waals surface area contributed by atoms with Gasteiger partial charge in [0.25, 0.3) is 0 Å². The van der Waals surface area contributed by atoms with Gasteiger partial charge in [-0.15, -0.1) is 0 Å². The first-order valence-corrected chi connectivity index (χ1v) is 12.5. The summed E-state index contributed by atoms with van der Waals surface area (Å²) in [6.45, 7) is 5.45. The van der Waals surface area contributed by atoms with E-state index in [1.807, 2.05) is 24.1 Å². The Kier molecular flexibility index (Phi) is 8.88. The maximum Gasteiger partial charge on any atom is 0.228 e. The normalized spacial score (nSPS) is 17.5. The fourth-order valence-corrected chi connectivity index (χ4v) is 4.77. The van der Waals surface area contributed by atoms with Crippen LogP contribution >= 0.6 is 0 Å². The number of likely N-dealkylation sites (N-methyl/N-ethyl adjacent to an activating group) is 1. The van der Waals surface area contributed by atoms with Gasteiger partial charge in [0.05, 0.1) is 19.6 Å². The van der Waals surface area contributed by atoms with Crippen LogP contribution in [0.2, 0.25) is 0 Å². The van der Waals surface area contributed by atoms with E-state index in [0.717, 1.165) is 39.4 Å². The number of rotatable bonds is 9. The molecule has 6 nitrogen and oxygen atoms in total. The predicted octanol–water partition coefficient (Wildman–Crippen LogP) is 4.18. The van der Waals surface area contributed by atoms with Crippen LogP contribution in [-0.2, 0) is 16.0 Å². The molecule has 0 spiro atoms. The van der Waals surface area contributed by atoms with E-state index in [-0.39, 0.29) is 18.1 Å².